The molecule has 0 saturated carbocycles. The highest BCUT2D eigenvalue weighted by Gasteiger charge is 2.30. The lowest BCUT2D eigenvalue weighted by Gasteiger charge is -2.36. The third kappa shape index (κ3) is 3.38. The van der Waals surface area contributed by atoms with Gasteiger partial charge in [0.05, 0.1) is 5.92 Å². The summed E-state index contributed by atoms with van der Waals surface area (Å²) in [7, 11) is 0. The first-order valence-electron chi connectivity index (χ1n) is 6.92. The smallest absolute Gasteiger partial charge is 0.227 e. The Balaban J connectivity index is 1.93. The molecule has 0 spiro atoms. The number of rotatable bonds is 3. The van der Waals surface area contributed by atoms with Crippen molar-refractivity contribution in [2.45, 2.75) is 38.6 Å². The zero-order valence-electron chi connectivity index (χ0n) is 10.8. The van der Waals surface area contributed by atoms with Crippen LogP contribution in [0.15, 0.2) is 0 Å². The van der Waals surface area contributed by atoms with Crippen molar-refractivity contribution in [1.82, 2.24) is 10.2 Å². The Morgan fingerprint density at radius 1 is 1.35 bits per heavy atom. The second-order valence-electron chi connectivity index (χ2n) is 5.01. The quantitative estimate of drug-likeness (QED) is 0.834. The Bertz CT molecular complexity index is 248. The average molecular weight is 256 g/mol. The normalized spacial score (nSPS) is 26.8. The molecule has 17 heavy (non-hydrogen) atoms. The van der Waals surface area contributed by atoms with Crippen LogP contribution in [0.5, 0.6) is 0 Å². The van der Waals surface area contributed by atoms with Gasteiger partial charge in [-0.05, 0) is 50.7 Å². The molecule has 2 fully saturated rings. The van der Waals surface area contributed by atoms with Crippen molar-refractivity contribution < 1.29 is 4.79 Å². The summed E-state index contributed by atoms with van der Waals surface area (Å²) in [5.74, 6) is 3.07. The van der Waals surface area contributed by atoms with E-state index >= 15 is 0 Å². The maximum atomic E-state index is 12.5. The molecule has 0 radical (unpaired) electrons. The lowest BCUT2D eigenvalue weighted by Crippen LogP contribution is -2.48. The number of hydrogen-bond donors (Lipinski definition) is 1. The SMILES string of the molecule is CCN(C(=O)[C@@H]1CCCNC1)C1CCSCC1. The largest absolute Gasteiger partial charge is 0.340 e. The molecule has 2 aliphatic rings. The van der Waals surface area contributed by atoms with Gasteiger partial charge in [0.1, 0.15) is 0 Å². The molecule has 2 aliphatic heterocycles. The van der Waals surface area contributed by atoms with E-state index in [4.69, 9.17) is 0 Å². The van der Waals surface area contributed by atoms with E-state index in [0.717, 1.165) is 32.5 Å². The highest BCUT2D eigenvalue weighted by atomic mass is 32.2. The van der Waals surface area contributed by atoms with E-state index in [0.29, 0.717) is 11.9 Å². The van der Waals surface area contributed by atoms with Crippen LogP contribution in [0.25, 0.3) is 0 Å². The summed E-state index contributed by atoms with van der Waals surface area (Å²) < 4.78 is 0. The summed E-state index contributed by atoms with van der Waals surface area (Å²) in [6, 6.07) is 0.510. The number of carbonyl (C=O) groups excluding carboxylic acids is 1. The highest BCUT2D eigenvalue weighted by Crippen LogP contribution is 2.24. The summed E-state index contributed by atoms with van der Waals surface area (Å²) in [4.78, 5) is 14.7. The molecule has 4 heteroatoms. The Kier molecular flexibility index (Phi) is 5.16. The summed E-state index contributed by atoms with van der Waals surface area (Å²) in [6.45, 7) is 4.97. The van der Waals surface area contributed by atoms with Gasteiger partial charge in [-0.25, -0.2) is 0 Å². The van der Waals surface area contributed by atoms with Crippen molar-refractivity contribution >= 4 is 17.7 Å². The topological polar surface area (TPSA) is 32.3 Å². The fourth-order valence-electron chi connectivity index (χ4n) is 2.89. The van der Waals surface area contributed by atoms with E-state index in [-0.39, 0.29) is 5.92 Å². The molecule has 0 aromatic rings. The standard InChI is InChI=1S/C13H24N2OS/c1-2-15(12-5-8-17-9-6-12)13(16)11-4-3-7-14-10-11/h11-12,14H,2-10H2,1H3/t11-/m1/s1. The van der Waals surface area contributed by atoms with Gasteiger partial charge in [-0.2, -0.15) is 11.8 Å². The fourth-order valence-corrected chi connectivity index (χ4v) is 3.97. The number of nitrogens with zero attached hydrogens (tertiary/aromatic N) is 1. The van der Waals surface area contributed by atoms with Gasteiger partial charge < -0.3 is 10.2 Å². The number of hydrogen-bond acceptors (Lipinski definition) is 3. The molecule has 0 aromatic carbocycles. The number of nitrogens with one attached hydrogen (secondary N) is 1. The monoisotopic (exact) mass is 256 g/mol. The second kappa shape index (κ2) is 6.64. The van der Waals surface area contributed by atoms with Crippen molar-refractivity contribution in [3.05, 3.63) is 0 Å². The van der Waals surface area contributed by atoms with Crippen LogP contribution in [0.3, 0.4) is 0 Å². The highest BCUT2D eigenvalue weighted by molar-refractivity contribution is 7.99. The molecule has 1 atom stereocenters. The Labute approximate surface area is 109 Å². The minimum atomic E-state index is 0.235. The molecule has 1 amide bonds. The first-order valence-corrected chi connectivity index (χ1v) is 8.07. The summed E-state index contributed by atoms with van der Waals surface area (Å²) in [5, 5.41) is 3.35. The summed E-state index contributed by atoms with van der Waals surface area (Å²) in [6.07, 6.45) is 4.59. The maximum absolute atomic E-state index is 12.5. The van der Waals surface area contributed by atoms with E-state index in [1.165, 1.54) is 24.3 Å². The van der Waals surface area contributed by atoms with Crippen LogP contribution >= 0.6 is 11.8 Å². The molecule has 98 valence electrons. The molecule has 2 saturated heterocycles. The van der Waals surface area contributed by atoms with Crippen molar-refractivity contribution in [2.24, 2.45) is 5.92 Å². The van der Waals surface area contributed by atoms with E-state index in [1.54, 1.807) is 0 Å². The van der Waals surface area contributed by atoms with Gasteiger partial charge >= 0.3 is 0 Å². The van der Waals surface area contributed by atoms with Crippen molar-refractivity contribution in [3.63, 3.8) is 0 Å². The lowest BCUT2D eigenvalue weighted by molar-refractivity contribution is -0.138. The fraction of sp³-hybridized carbons (Fsp3) is 0.923. The van der Waals surface area contributed by atoms with Crippen LogP contribution in [-0.4, -0.2) is 48.0 Å². The average Bonchev–Trinajstić information content (AvgIpc) is 2.42. The molecule has 2 heterocycles. The molecule has 1 N–H and O–H groups in total. The second-order valence-corrected chi connectivity index (χ2v) is 6.24. The number of amides is 1. The third-order valence-electron chi connectivity index (χ3n) is 3.90. The van der Waals surface area contributed by atoms with Gasteiger partial charge in [0.2, 0.25) is 5.91 Å². The van der Waals surface area contributed by atoms with Gasteiger partial charge in [0, 0.05) is 19.1 Å². The number of carbonyl (C=O) groups is 1. The predicted molar refractivity (Wildman–Crippen MR) is 73.3 cm³/mol. The van der Waals surface area contributed by atoms with E-state index in [9.17, 15) is 4.79 Å². The Morgan fingerprint density at radius 2 is 2.12 bits per heavy atom. The van der Waals surface area contributed by atoms with Crippen LogP contribution in [0, 0.1) is 5.92 Å². The first-order chi connectivity index (χ1) is 8.33. The van der Waals surface area contributed by atoms with Gasteiger partial charge in [0.15, 0.2) is 0 Å². The minimum Gasteiger partial charge on any atom is -0.340 e. The van der Waals surface area contributed by atoms with Crippen molar-refractivity contribution in [2.75, 3.05) is 31.1 Å². The number of thioether (sulfide) groups is 1. The molecule has 3 nitrogen and oxygen atoms in total. The Morgan fingerprint density at radius 3 is 2.71 bits per heavy atom. The first kappa shape index (κ1) is 13.2. The zero-order valence-corrected chi connectivity index (χ0v) is 11.6. The predicted octanol–water partition coefficient (Wildman–Crippen LogP) is 1.73. The molecule has 0 aliphatic carbocycles. The molecular formula is C13H24N2OS. The molecule has 2 rings (SSSR count). The molecule has 0 aromatic heterocycles. The molecule has 0 bridgehead atoms. The lowest BCUT2D eigenvalue weighted by atomic mass is 9.96. The van der Waals surface area contributed by atoms with Gasteiger partial charge in [0.25, 0.3) is 0 Å². The van der Waals surface area contributed by atoms with Gasteiger partial charge in [-0.3, -0.25) is 4.79 Å². The minimum absolute atomic E-state index is 0.235. The van der Waals surface area contributed by atoms with Crippen LogP contribution in [0.2, 0.25) is 0 Å². The Hall–Kier alpha value is -0.220. The van der Waals surface area contributed by atoms with Gasteiger partial charge in [-0.1, -0.05) is 0 Å². The molecular weight excluding hydrogens is 232 g/mol. The number of piperidine rings is 1. The van der Waals surface area contributed by atoms with Crippen molar-refractivity contribution in [3.8, 4) is 0 Å². The van der Waals surface area contributed by atoms with Crippen LogP contribution in [-0.2, 0) is 4.79 Å². The van der Waals surface area contributed by atoms with Crippen molar-refractivity contribution in [1.29, 1.82) is 0 Å². The summed E-state index contributed by atoms with van der Waals surface area (Å²) >= 11 is 2.02. The van der Waals surface area contributed by atoms with Crippen LogP contribution in [0.1, 0.15) is 32.6 Å². The zero-order chi connectivity index (χ0) is 12.1. The van der Waals surface area contributed by atoms with Crippen LogP contribution < -0.4 is 5.32 Å². The van der Waals surface area contributed by atoms with E-state index in [2.05, 4.69) is 17.1 Å². The third-order valence-corrected chi connectivity index (χ3v) is 4.95. The molecule has 0 unspecified atom stereocenters. The van der Waals surface area contributed by atoms with E-state index < -0.39 is 0 Å². The summed E-state index contributed by atoms with van der Waals surface area (Å²) in [5.41, 5.74) is 0. The van der Waals surface area contributed by atoms with Crippen LogP contribution in [0.4, 0.5) is 0 Å². The van der Waals surface area contributed by atoms with Gasteiger partial charge in [-0.15, -0.1) is 0 Å². The maximum Gasteiger partial charge on any atom is 0.227 e. The van der Waals surface area contributed by atoms with E-state index in [1.807, 2.05) is 11.8 Å².